The van der Waals surface area contributed by atoms with E-state index in [0.29, 0.717) is 6.61 Å². The second-order valence-corrected chi connectivity index (χ2v) is 4.72. The molecule has 0 amide bonds. The number of hydrogen-bond acceptors (Lipinski definition) is 4. The van der Waals surface area contributed by atoms with Gasteiger partial charge in [-0.25, -0.2) is 0 Å². The number of rotatable bonds is 5. The molecular formula is C13H16N2OS. The zero-order valence-corrected chi connectivity index (χ0v) is 10.9. The molecule has 0 bridgehead atoms. The van der Waals surface area contributed by atoms with Crippen LogP contribution in [0.3, 0.4) is 0 Å². The maximum atomic E-state index is 5.61. The van der Waals surface area contributed by atoms with E-state index >= 15 is 0 Å². The first kappa shape index (κ1) is 11.9. The van der Waals surface area contributed by atoms with E-state index in [9.17, 15) is 0 Å². The van der Waals surface area contributed by atoms with Gasteiger partial charge in [0.2, 0.25) is 0 Å². The molecule has 0 saturated heterocycles. The molecule has 0 radical (unpaired) electrons. The van der Waals surface area contributed by atoms with Gasteiger partial charge in [-0.3, -0.25) is 4.98 Å². The molecule has 0 spiro atoms. The van der Waals surface area contributed by atoms with Crippen LogP contribution >= 0.6 is 11.3 Å². The van der Waals surface area contributed by atoms with Crippen molar-refractivity contribution in [1.29, 1.82) is 0 Å². The van der Waals surface area contributed by atoms with Crippen molar-refractivity contribution >= 4 is 17.0 Å². The molecule has 0 aliphatic rings. The third kappa shape index (κ3) is 3.20. The molecule has 90 valence electrons. The fraction of sp³-hybridized carbons (Fsp3) is 0.308. The average Bonchev–Trinajstić information content (AvgIpc) is 2.81. The highest BCUT2D eigenvalue weighted by atomic mass is 32.1. The monoisotopic (exact) mass is 248 g/mol. The molecule has 1 aromatic carbocycles. The lowest BCUT2D eigenvalue weighted by atomic mass is 10.2. The van der Waals surface area contributed by atoms with Gasteiger partial charge in [-0.2, -0.15) is 0 Å². The molecule has 0 atom stereocenters. The normalized spacial score (nSPS) is 10.2. The van der Waals surface area contributed by atoms with Gasteiger partial charge in [0.05, 0.1) is 24.3 Å². The number of hydrogen-bond donors (Lipinski definition) is 1. The van der Waals surface area contributed by atoms with Crippen molar-refractivity contribution in [3.05, 3.63) is 40.3 Å². The fourth-order valence-electron chi connectivity index (χ4n) is 1.56. The van der Waals surface area contributed by atoms with Crippen molar-refractivity contribution in [3.63, 3.8) is 0 Å². The smallest absolute Gasteiger partial charge is 0.142 e. The van der Waals surface area contributed by atoms with Gasteiger partial charge >= 0.3 is 0 Å². The third-order valence-corrected chi connectivity index (χ3v) is 3.15. The quantitative estimate of drug-likeness (QED) is 0.879. The van der Waals surface area contributed by atoms with E-state index in [4.69, 9.17) is 4.74 Å². The number of aryl methyl sites for hydroxylation is 1. The minimum Gasteiger partial charge on any atom is -0.492 e. The molecule has 1 N–H and O–H groups in total. The number of benzene rings is 1. The predicted molar refractivity (Wildman–Crippen MR) is 71.8 cm³/mol. The molecule has 2 rings (SSSR count). The molecule has 0 saturated carbocycles. The summed E-state index contributed by atoms with van der Waals surface area (Å²) in [5.41, 5.74) is 4.08. The van der Waals surface area contributed by atoms with Crippen LogP contribution in [0, 0.1) is 6.92 Å². The van der Waals surface area contributed by atoms with E-state index < -0.39 is 0 Å². The summed E-state index contributed by atoms with van der Waals surface area (Å²) in [4.78, 5) is 5.27. The Balaban J connectivity index is 2.08. The first-order chi connectivity index (χ1) is 8.29. The standard InChI is InChI=1S/C13H16N2OS/c1-3-16-13-6-10(2)4-5-12(13)15-8-11-7-14-9-17-11/h4-7,9,15H,3,8H2,1-2H3. The highest BCUT2D eigenvalue weighted by Crippen LogP contribution is 2.26. The Labute approximate surface area is 105 Å². The molecule has 2 aromatic rings. The molecule has 17 heavy (non-hydrogen) atoms. The molecule has 0 unspecified atom stereocenters. The first-order valence-electron chi connectivity index (χ1n) is 5.64. The van der Waals surface area contributed by atoms with E-state index in [1.54, 1.807) is 11.3 Å². The maximum absolute atomic E-state index is 5.61. The summed E-state index contributed by atoms with van der Waals surface area (Å²) in [6, 6.07) is 6.19. The van der Waals surface area contributed by atoms with Crippen LogP contribution in [0.2, 0.25) is 0 Å². The van der Waals surface area contributed by atoms with Crippen molar-refractivity contribution in [2.45, 2.75) is 20.4 Å². The topological polar surface area (TPSA) is 34.1 Å². The lowest BCUT2D eigenvalue weighted by molar-refractivity contribution is 0.341. The van der Waals surface area contributed by atoms with Crippen LogP contribution < -0.4 is 10.1 Å². The minimum atomic E-state index is 0.679. The second-order valence-electron chi connectivity index (χ2n) is 3.75. The van der Waals surface area contributed by atoms with Gasteiger partial charge in [-0.15, -0.1) is 11.3 Å². The molecule has 0 aliphatic heterocycles. The lowest BCUT2D eigenvalue weighted by Crippen LogP contribution is -2.02. The van der Waals surface area contributed by atoms with Crippen molar-refractivity contribution in [2.75, 3.05) is 11.9 Å². The molecule has 0 aliphatic carbocycles. The van der Waals surface area contributed by atoms with Crippen LogP contribution in [0.25, 0.3) is 0 Å². The summed E-state index contributed by atoms with van der Waals surface area (Å²) >= 11 is 1.65. The Morgan fingerprint density at radius 1 is 1.41 bits per heavy atom. The van der Waals surface area contributed by atoms with Gasteiger partial charge in [0, 0.05) is 11.1 Å². The highest BCUT2D eigenvalue weighted by molar-refractivity contribution is 7.09. The van der Waals surface area contributed by atoms with E-state index in [0.717, 1.165) is 18.0 Å². The zero-order chi connectivity index (χ0) is 12.1. The van der Waals surface area contributed by atoms with Crippen LogP contribution in [0.15, 0.2) is 29.9 Å². The third-order valence-electron chi connectivity index (χ3n) is 2.37. The van der Waals surface area contributed by atoms with Crippen LogP contribution in [0.5, 0.6) is 5.75 Å². The summed E-state index contributed by atoms with van der Waals surface area (Å²) in [5.74, 6) is 0.914. The summed E-state index contributed by atoms with van der Waals surface area (Å²) in [5, 5.41) is 3.37. The maximum Gasteiger partial charge on any atom is 0.142 e. The summed E-state index contributed by atoms with van der Waals surface area (Å²) in [6.45, 7) is 5.53. The van der Waals surface area contributed by atoms with Gasteiger partial charge in [0.25, 0.3) is 0 Å². The average molecular weight is 248 g/mol. The minimum absolute atomic E-state index is 0.679. The largest absolute Gasteiger partial charge is 0.492 e. The summed E-state index contributed by atoms with van der Waals surface area (Å²) in [6.07, 6.45) is 1.88. The Morgan fingerprint density at radius 3 is 3.00 bits per heavy atom. The van der Waals surface area contributed by atoms with E-state index in [1.165, 1.54) is 10.4 Å². The van der Waals surface area contributed by atoms with Gasteiger partial charge in [-0.1, -0.05) is 6.07 Å². The van der Waals surface area contributed by atoms with Crippen LogP contribution in [0.1, 0.15) is 17.4 Å². The zero-order valence-electron chi connectivity index (χ0n) is 10.1. The van der Waals surface area contributed by atoms with E-state index in [1.807, 2.05) is 18.6 Å². The number of nitrogens with one attached hydrogen (secondary N) is 1. The first-order valence-corrected chi connectivity index (χ1v) is 6.52. The Kier molecular flexibility index (Phi) is 3.98. The number of aromatic nitrogens is 1. The van der Waals surface area contributed by atoms with Crippen LogP contribution in [-0.2, 0) is 6.54 Å². The number of thiazole rings is 1. The van der Waals surface area contributed by atoms with Crippen molar-refractivity contribution < 1.29 is 4.74 Å². The van der Waals surface area contributed by atoms with Gasteiger partial charge in [0.1, 0.15) is 5.75 Å². The molecule has 3 nitrogen and oxygen atoms in total. The summed E-state index contributed by atoms with van der Waals surface area (Å²) < 4.78 is 5.61. The van der Waals surface area contributed by atoms with Crippen LogP contribution in [0.4, 0.5) is 5.69 Å². The highest BCUT2D eigenvalue weighted by Gasteiger charge is 2.03. The fourth-order valence-corrected chi connectivity index (χ4v) is 2.10. The molecule has 4 heteroatoms. The Hall–Kier alpha value is -1.55. The molecule has 1 aromatic heterocycles. The van der Waals surface area contributed by atoms with Crippen LogP contribution in [-0.4, -0.2) is 11.6 Å². The van der Waals surface area contributed by atoms with Crippen molar-refractivity contribution in [3.8, 4) is 5.75 Å². The van der Waals surface area contributed by atoms with Gasteiger partial charge in [-0.05, 0) is 31.5 Å². The number of nitrogens with zero attached hydrogens (tertiary/aromatic N) is 1. The lowest BCUT2D eigenvalue weighted by Gasteiger charge is -2.12. The van der Waals surface area contributed by atoms with E-state index in [-0.39, 0.29) is 0 Å². The molecule has 0 fully saturated rings. The second kappa shape index (κ2) is 5.68. The van der Waals surface area contributed by atoms with Crippen molar-refractivity contribution in [2.24, 2.45) is 0 Å². The Morgan fingerprint density at radius 2 is 2.29 bits per heavy atom. The number of anilines is 1. The number of ether oxygens (including phenoxy) is 1. The predicted octanol–water partition coefficient (Wildman–Crippen LogP) is 3.46. The molecule has 1 heterocycles. The summed E-state index contributed by atoms with van der Waals surface area (Å²) in [7, 11) is 0. The molecular weight excluding hydrogens is 232 g/mol. The van der Waals surface area contributed by atoms with Gasteiger partial charge < -0.3 is 10.1 Å². The van der Waals surface area contributed by atoms with Crippen molar-refractivity contribution in [1.82, 2.24) is 4.98 Å². The SMILES string of the molecule is CCOc1cc(C)ccc1NCc1cncs1. The van der Waals surface area contributed by atoms with Gasteiger partial charge in [0.15, 0.2) is 0 Å². The van der Waals surface area contributed by atoms with E-state index in [2.05, 4.69) is 35.4 Å². The Bertz CT molecular complexity index is 468.